The molecule has 0 aromatic carbocycles. The zero-order valence-electron chi connectivity index (χ0n) is 16.5. The first kappa shape index (κ1) is 23.3. The Hall–Kier alpha value is -1.76. The van der Waals surface area contributed by atoms with E-state index < -0.39 is 4.92 Å². The first-order valence-electron chi connectivity index (χ1n) is 10.2. The first-order chi connectivity index (χ1) is 13.1. The van der Waals surface area contributed by atoms with Crippen LogP contribution >= 0.6 is 11.3 Å². The fourth-order valence-corrected chi connectivity index (χ4v) is 3.55. The highest BCUT2D eigenvalue weighted by atomic mass is 32.1. The molecular weight excluding hydrogens is 362 g/mol. The number of nitro groups is 1. The van der Waals surface area contributed by atoms with Gasteiger partial charge in [0, 0.05) is 12.5 Å². The van der Waals surface area contributed by atoms with E-state index in [0.29, 0.717) is 11.3 Å². The fourth-order valence-electron chi connectivity index (χ4n) is 2.86. The van der Waals surface area contributed by atoms with Gasteiger partial charge in [-0.1, -0.05) is 88.9 Å². The summed E-state index contributed by atoms with van der Waals surface area (Å²) in [6, 6.07) is 3.05. The van der Waals surface area contributed by atoms with E-state index in [0.717, 1.165) is 24.2 Å². The SMILES string of the molecule is CCCCCCCCCCCCCCC(=O)N/N=C/c1ccc([N+](=O)[O-])s1. The molecule has 0 atom stereocenters. The largest absolute Gasteiger partial charge is 0.324 e. The minimum atomic E-state index is -0.436. The van der Waals surface area contributed by atoms with Crippen LogP contribution in [0.15, 0.2) is 17.2 Å². The number of nitrogens with one attached hydrogen (secondary N) is 1. The second-order valence-corrected chi connectivity index (χ2v) is 7.96. The average Bonchev–Trinajstić information content (AvgIpc) is 3.12. The van der Waals surface area contributed by atoms with Crippen LogP contribution in [0.5, 0.6) is 0 Å². The van der Waals surface area contributed by atoms with Gasteiger partial charge in [-0.05, 0) is 12.5 Å². The maximum Gasteiger partial charge on any atom is 0.324 e. The highest BCUT2D eigenvalue weighted by Crippen LogP contribution is 2.22. The molecule has 27 heavy (non-hydrogen) atoms. The lowest BCUT2D eigenvalue weighted by Gasteiger charge is -2.03. The average molecular weight is 396 g/mol. The van der Waals surface area contributed by atoms with Crippen LogP contribution in [0.4, 0.5) is 5.00 Å². The zero-order valence-corrected chi connectivity index (χ0v) is 17.3. The summed E-state index contributed by atoms with van der Waals surface area (Å²) in [5.74, 6) is -0.107. The number of amides is 1. The van der Waals surface area contributed by atoms with Crippen molar-refractivity contribution in [2.24, 2.45) is 5.10 Å². The standard InChI is InChI=1S/C20H33N3O3S/c1-2-3-4-5-6-7-8-9-10-11-12-13-14-19(24)22-21-17-18-15-16-20(27-18)23(25)26/h15-17H,2-14H2,1H3,(H,22,24)/b21-17+. The fraction of sp³-hybridized carbons (Fsp3) is 0.700. The van der Waals surface area contributed by atoms with Gasteiger partial charge in [0.25, 0.3) is 0 Å². The molecule has 6 nitrogen and oxygen atoms in total. The Morgan fingerprint density at radius 2 is 1.59 bits per heavy atom. The van der Waals surface area contributed by atoms with Crippen molar-refractivity contribution in [1.29, 1.82) is 0 Å². The van der Waals surface area contributed by atoms with Crippen molar-refractivity contribution in [2.45, 2.75) is 90.4 Å². The molecule has 0 aliphatic heterocycles. The predicted molar refractivity (Wildman–Crippen MR) is 112 cm³/mol. The predicted octanol–water partition coefficient (Wildman–Crippen LogP) is 6.20. The topological polar surface area (TPSA) is 84.6 Å². The molecule has 1 N–H and O–H groups in total. The van der Waals surface area contributed by atoms with E-state index in [1.807, 2.05) is 0 Å². The summed E-state index contributed by atoms with van der Waals surface area (Å²) in [6.07, 6.45) is 17.1. The van der Waals surface area contributed by atoms with Crippen LogP contribution in [-0.2, 0) is 4.79 Å². The van der Waals surface area contributed by atoms with Crippen molar-refractivity contribution < 1.29 is 9.72 Å². The Balaban J connectivity index is 1.93. The molecule has 152 valence electrons. The molecule has 0 spiro atoms. The van der Waals surface area contributed by atoms with E-state index in [-0.39, 0.29) is 10.9 Å². The van der Waals surface area contributed by atoms with Gasteiger partial charge in [-0.15, -0.1) is 0 Å². The van der Waals surface area contributed by atoms with Crippen LogP contribution in [0.1, 0.15) is 95.3 Å². The molecule has 1 aromatic rings. The van der Waals surface area contributed by atoms with Gasteiger partial charge in [-0.25, -0.2) is 5.43 Å². The van der Waals surface area contributed by atoms with Crippen LogP contribution in [0.3, 0.4) is 0 Å². The Morgan fingerprint density at radius 1 is 1.04 bits per heavy atom. The number of carbonyl (C=O) groups is 1. The van der Waals surface area contributed by atoms with Crippen molar-refractivity contribution in [3.05, 3.63) is 27.1 Å². The monoisotopic (exact) mass is 395 g/mol. The molecule has 0 bridgehead atoms. The molecule has 0 radical (unpaired) electrons. The van der Waals surface area contributed by atoms with Gasteiger partial charge >= 0.3 is 5.00 Å². The van der Waals surface area contributed by atoms with Crippen molar-refractivity contribution >= 4 is 28.5 Å². The molecule has 1 amide bonds. The lowest BCUT2D eigenvalue weighted by Crippen LogP contribution is -2.16. The number of hydrogen-bond acceptors (Lipinski definition) is 5. The maximum atomic E-state index is 11.7. The second-order valence-electron chi connectivity index (χ2n) is 6.87. The molecule has 0 aliphatic carbocycles. The summed E-state index contributed by atoms with van der Waals surface area (Å²) in [4.78, 5) is 22.5. The van der Waals surface area contributed by atoms with Crippen molar-refractivity contribution in [3.8, 4) is 0 Å². The summed E-state index contributed by atoms with van der Waals surface area (Å²) >= 11 is 1.03. The van der Waals surface area contributed by atoms with Gasteiger partial charge < -0.3 is 0 Å². The summed E-state index contributed by atoms with van der Waals surface area (Å²) < 4.78 is 0. The molecule has 0 fully saturated rings. The van der Waals surface area contributed by atoms with E-state index in [1.165, 1.54) is 76.5 Å². The maximum absolute atomic E-state index is 11.7. The Morgan fingerprint density at radius 3 is 2.11 bits per heavy atom. The number of rotatable bonds is 16. The van der Waals surface area contributed by atoms with Crippen LogP contribution < -0.4 is 5.43 Å². The molecule has 0 saturated heterocycles. The summed E-state index contributed by atoms with van der Waals surface area (Å²) in [7, 11) is 0. The minimum absolute atomic E-state index is 0.0688. The third-order valence-corrected chi connectivity index (χ3v) is 5.40. The van der Waals surface area contributed by atoms with E-state index in [4.69, 9.17) is 0 Å². The molecule has 1 heterocycles. The second kappa shape index (κ2) is 15.3. The van der Waals surface area contributed by atoms with Crippen molar-refractivity contribution in [2.75, 3.05) is 0 Å². The van der Waals surface area contributed by atoms with E-state index in [2.05, 4.69) is 17.5 Å². The van der Waals surface area contributed by atoms with Crippen LogP contribution in [0, 0.1) is 10.1 Å². The minimum Gasteiger partial charge on any atom is -0.273 e. The molecular formula is C20H33N3O3S. The van der Waals surface area contributed by atoms with Gasteiger partial charge in [0.2, 0.25) is 5.91 Å². The lowest BCUT2D eigenvalue weighted by molar-refractivity contribution is -0.380. The number of unbranched alkanes of at least 4 members (excludes halogenated alkanes) is 11. The number of thiophene rings is 1. The third-order valence-electron chi connectivity index (χ3n) is 4.43. The number of nitrogens with zero attached hydrogens (tertiary/aromatic N) is 2. The molecule has 0 saturated carbocycles. The van der Waals surface area contributed by atoms with Crippen LogP contribution in [0.25, 0.3) is 0 Å². The van der Waals surface area contributed by atoms with Gasteiger partial charge in [-0.2, -0.15) is 5.10 Å². The molecule has 0 aliphatic rings. The van der Waals surface area contributed by atoms with Gasteiger partial charge in [0.15, 0.2) is 0 Å². The summed E-state index contributed by atoms with van der Waals surface area (Å²) in [5, 5.41) is 14.5. The quantitative estimate of drug-likeness (QED) is 0.156. The van der Waals surface area contributed by atoms with E-state index >= 15 is 0 Å². The van der Waals surface area contributed by atoms with Gasteiger partial charge in [0.05, 0.1) is 16.0 Å². The summed E-state index contributed by atoms with van der Waals surface area (Å²) in [6.45, 7) is 2.25. The molecule has 7 heteroatoms. The number of hydrogen-bond donors (Lipinski definition) is 1. The Bertz CT molecular complexity index is 573. The van der Waals surface area contributed by atoms with Gasteiger partial charge in [0.1, 0.15) is 0 Å². The highest BCUT2D eigenvalue weighted by molar-refractivity contribution is 7.16. The first-order valence-corrected chi connectivity index (χ1v) is 11.0. The number of carbonyl (C=O) groups excluding carboxylic acids is 1. The third kappa shape index (κ3) is 12.3. The highest BCUT2D eigenvalue weighted by Gasteiger charge is 2.08. The molecule has 0 unspecified atom stereocenters. The van der Waals surface area contributed by atoms with Crippen LogP contribution in [-0.4, -0.2) is 17.0 Å². The zero-order chi connectivity index (χ0) is 19.7. The van der Waals surface area contributed by atoms with Crippen molar-refractivity contribution in [1.82, 2.24) is 5.43 Å². The van der Waals surface area contributed by atoms with Gasteiger partial charge in [-0.3, -0.25) is 14.9 Å². The van der Waals surface area contributed by atoms with E-state index in [9.17, 15) is 14.9 Å². The summed E-state index contributed by atoms with van der Waals surface area (Å²) in [5.41, 5.74) is 2.48. The normalized spacial score (nSPS) is 11.1. The van der Waals surface area contributed by atoms with Crippen LogP contribution in [0.2, 0.25) is 0 Å². The number of hydrazone groups is 1. The molecule has 1 rings (SSSR count). The molecule has 1 aromatic heterocycles. The van der Waals surface area contributed by atoms with Crippen molar-refractivity contribution in [3.63, 3.8) is 0 Å². The smallest absolute Gasteiger partial charge is 0.273 e. The Kier molecular flexibility index (Phi) is 13.2. The lowest BCUT2D eigenvalue weighted by atomic mass is 10.0. The Labute approximate surface area is 166 Å². The van der Waals surface area contributed by atoms with E-state index in [1.54, 1.807) is 6.07 Å².